The quantitative estimate of drug-likeness (QED) is 0.861. The Balaban J connectivity index is 1.82. The van der Waals surface area contributed by atoms with Crippen molar-refractivity contribution in [3.8, 4) is 11.1 Å². The molecule has 4 nitrogen and oxygen atoms in total. The number of nitrogens with one attached hydrogen (secondary N) is 1. The summed E-state index contributed by atoms with van der Waals surface area (Å²) >= 11 is 12.3. The van der Waals surface area contributed by atoms with Crippen molar-refractivity contribution in [1.82, 2.24) is 10.2 Å². The maximum atomic E-state index is 13.0. The lowest BCUT2D eigenvalue weighted by Gasteiger charge is -2.28. The summed E-state index contributed by atoms with van der Waals surface area (Å²) in [5, 5.41) is 4.52. The van der Waals surface area contributed by atoms with Gasteiger partial charge >= 0.3 is 0 Å². The van der Waals surface area contributed by atoms with Crippen molar-refractivity contribution < 1.29 is 4.79 Å². The van der Waals surface area contributed by atoms with E-state index in [-0.39, 0.29) is 11.8 Å². The van der Waals surface area contributed by atoms with E-state index < -0.39 is 11.8 Å². The van der Waals surface area contributed by atoms with Crippen LogP contribution >= 0.6 is 23.2 Å². The van der Waals surface area contributed by atoms with Crippen LogP contribution in [0.2, 0.25) is 10.0 Å². The minimum Gasteiger partial charge on any atom is -0.316 e. The lowest BCUT2D eigenvalue weighted by atomic mass is 9.83. The zero-order chi connectivity index (χ0) is 17.8. The first-order valence-corrected chi connectivity index (χ1v) is 9.05. The van der Waals surface area contributed by atoms with Crippen molar-refractivity contribution in [3.05, 3.63) is 58.1 Å². The number of nitrogens with two attached hydrogens (primary N) is 1. The van der Waals surface area contributed by atoms with Gasteiger partial charge < -0.3 is 4.90 Å². The number of halogens is 2. The second-order valence-corrected chi connectivity index (χ2v) is 7.70. The standard InChI is InChI=1S/C19H19Cl2N3O/c1-24-17(25)19(13-5-6-13,23-18(24)22)14-4-2-3-11(7-14)12-8-15(20)10-16(21)9-12/h2-4,7-10,13,18,23H,5-6,22H2,1H3. The Kier molecular flexibility index (Phi) is 4.04. The van der Waals surface area contributed by atoms with Gasteiger partial charge in [0, 0.05) is 17.1 Å². The highest BCUT2D eigenvalue weighted by atomic mass is 35.5. The Hall–Kier alpha value is -1.59. The van der Waals surface area contributed by atoms with Crippen LogP contribution in [0.3, 0.4) is 0 Å². The van der Waals surface area contributed by atoms with Crippen LogP contribution in [0.5, 0.6) is 0 Å². The highest BCUT2D eigenvalue weighted by molar-refractivity contribution is 6.35. The molecule has 1 aliphatic heterocycles. The van der Waals surface area contributed by atoms with E-state index in [2.05, 4.69) is 5.32 Å². The minimum absolute atomic E-state index is 0.0313. The van der Waals surface area contributed by atoms with Gasteiger partial charge in [0.25, 0.3) is 0 Å². The number of hydrogen-bond donors (Lipinski definition) is 2. The first-order chi connectivity index (χ1) is 11.9. The second-order valence-electron chi connectivity index (χ2n) is 6.83. The van der Waals surface area contributed by atoms with Gasteiger partial charge in [0.05, 0.1) is 0 Å². The molecule has 0 spiro atoms. The van der Waals surface area contributed by atoms with E-state index in [1.807, 2.05) is 36.4 Å². The molecule has 0 radical (unpaired) electrons. The Morgan fingerprint density at radius 1 is 1.12 bits per heavy atom. The van der Waals surface area contributed by atoms with E-state index in [1.165, 1.54) is 0 Å². The lowest BCUT2D eigenvalue weighted by Crippen LogP contribution is -2.48. The van der Waals surface area contributed by atoms with Crippen LogP contribution in [0, 0.1) is 5.92 Å². The molecule has 25 heavy (non-hydrogen) atoms. The molecule has 1 aliphatic carbocycles. The minimum atomic E-state index is -0.744. The summed E-state index contributed by atoms with van der Waals surface area (Å²) in [4.78, 5) is 14.6. The number of amides is 1. The van der Waals surface area contributed by atoms with E-state index in [0.717, 1.165) is 29.5 Å². The van der Waals surface area contributed by atoms with Crippen molar-refractivity contribution in [2.75, 3.05) is 7.05 Å². The molecule has 2 aromatic rings. The predicted octanol–water partition coefficient (Wildman–Crippen LogP) is 3.57. The van der Waals surface area contributed by atoms with Gasteiger partial charge in [-0.3, -0.25) is 15.8 Å². The zero-order valence-corrected chi connectivity index (χ0v) is 15.3. The van der Waals surface area contributed by atoms with Crippen LogP contribution in [0.25, 0.3) is 11.1 Å². The van der Waals surface area contributed by atoms with Crippen LogP contribution in [-0.4, -0.2) is 24.1 Å². The second kappa shape index (κ2) is 5.99. The van der Waals surface area contributed by atoms with Gasteiger partial charge in [-0.15, -0.1) is 0 Å². The molecule has 6 heteroatoms. The highest BCUT2D eigenvalue weighted by Gasteiger charge is 2.58. The fourth-order valence-corrected chi connectivity index (χ4v) is 4.24. The Morgan fingerprint density at radius 3 is 2.36 bits per heavy atom. The summed E-state index contributed by atoms with van der Waals surface area (Å²) in [6.07, 6.45) is 1.57. The first-order valence-electron chi connectivity index (χ1n) is 8.29. The van der Waals surface area contributed by atoms with E-state index in [4.69, 9.17) is 28.9 Å². The number of likely N-dealkylation sites (N-methyl/N-ethyl adjacent to an activating group) is 1. The smallest absolute Gasteiger partial charge is 0.249 e. The van der Waals surface area contributed by atoms with Crippen LogP contribution < -0.4 is 11.1 Å². The van der Waals surface area contributed by atoms with Gasteiger partial charge in [-0.1, -0.05) is 41.4 Å². The van der Waals surface area contributed by atoms with Gasteiger partial charge in [0.2, 0.25) is 5.91 Å². The molecular formula is C19H19Cl2N3O. The molecule has 1 amide bonds. The maximum Gasteiger partial charge on any atom is 0.249 e. The number of benzene rings is 2. The third-order valence-electron chi connectivity index (χ3n) is 5.15. The molecule has 2 aromatic carbocycles. The summed E-state index contributed by atoms with van der Waals surface area (Å²) in [7, 11) is 1.74. The molecule has 3 N–H and O–H groups in total. The average Bonchev–Trinajstić information content (AvgIpc) is 3.39. The molecule has 4 rings (SSSR count). The number of hydrogen-bond acceptors (Lipinski definition) is 3. The number of rotatable bonds is 3. The zero-order valence-electron chi connectivity index (χ0n) is 13.8. The maximum absolute atomic E-state index is 13.0. The topological polar surface area (TPSA) is 58.4 Å². The first kappa shape index (κ1) is 16.9. The van der Waals surface area contributed by atoms with Crippen molar-refractivity contribution in [3.63, 3.8) is 0 Å². The predicted molar refractivity (Wildman–Crippen MR) is 100 cm³/mol. The van der Waals surface area contributed by atoms with E-state index in [0.29, 0.717) is 10.0 Å². The van der Waals surface area contributed by atoms with Gasteiger partial charge in [-0.05, 0) is 59.7 Å². The molecule has 1 saturated carbocycles. The molecule has 2 atom stereocenters. The van der Waals surface area contributed by atoms with E-state index in [9.17, 15) is 4.79 Å². The molecule has 130 valence electrons. The Bertz CT molecular complexity index is 832. The fraction of sp³-hybridized carbons (Fsp3) is 0.316. The van der Waals surface area contributed by atoms with Gasteiger partial charge in [0.1, 0.15) is 11.8 Å². The molecule has 2 aliphatic rings. The Morgan fingerprint density at radius 2 is 1.80 bits per heavy atom. The molecule has 0 aromatic heterocycles. The van der Waals surface area contributed by atoms with E-state index >= 15 is 0 Å². The average molecular weight is 376 g/mol. The van der Waals surface area contributed by atoms with Gasteiger partial charge in [0.15, 0.2) is 0 Å². The highest BCUT2D eigenvalue weighted by Crippen LogP contribution is 2.49. The van der Waals surface area contributed by atoms with Crippen LogP contribution in [0.15, 0.2) is 42.5 Å². The lowest BCUT2D eigenvalue weighted by molar-refractivity contribution is -0.133. The third kappa shape index (κ3) is 2.74. The number of nitrogens with zero attached hydrogens (tertiary/aromatic N) is 1. The fourth-order valence-electron chi connectivity index (χ4n) is 3.71. The van der Waals surface area contributed by atoms with Gasteiger partial charge in [-0.2, -0.15) is 0 Å². The normalized spacial score (nSPS) is 26.3. The van der Waals surface area contributed by atoms with Crippen LogP contribution in [0.4, 0.5) is 0 Å². The molecule has 0 bridgehead atoms. The van der Waals surface area contributed by atoms with Crippen molar-refractivity contribution in [2.24, 2.45) is 11.7 Å². The monoisotopic (exact) mass is 375 g/mol. The SMILES string of the molecule is CN1C(=O)C(c2cccc(-c3cc(Cl)cc(Cl)c3)c2)(C2CC2)NC1N. The van der Waals surface area contributed by atoms with Crippen molar-refractivity contribution in [2.45, 2.75) is 24.7 Å². The molecule has 1 heterocycles. The van der Waals surface area contributed by atoms with E-state index in [1.54, 1.807) is 18.0 Å². The summed E-state index contributed by atoms with van der Waals surface area (Å²) in [5.41, 5.74) is 8.19. The number of carbonyl (C=O) groups excluding carboxylic acids is 1. The van der Waals surface area contributed by atoms with Crippen molar-refractivity contribution in [1.29, 1.82) is 0 Å². The summed E-state index contributed by atoms with van der Waals surface area (Å²) in [6.45, 7) is 0. The summed E-state index contributed by atoms with van der Waals surface area (Å²) in [6, 6.07) is 13.4. The molecule has 1 saturated heterocycles. The molecule has 2 fully saturated rings. The molecule has 2 unspecified atom stereocenters. The molecular weight excluding hydrogens is 357 g/mol. The summed E-state index contributed by atoms with van der Waals surface area (Å²) < 4.78 is 0. The van der Waals surface area contributed by atoms with Crippen molar-refractivity contribution >= 4 is 29.1 Å². The summed E-state index contributed by atoms with van der Waals surface area (Å²) in [5.74, 6) is 0.304. The van der Waals surface area contributed by atoms with Crippen LogP contribution in [0.1, 0.15) is 18.4 Å². The van der Waals surface area contributed by atoms with Gasteiger partial charge in [-0.25, -0.2) is 0 Å². The largest absolute Gasteiger partial charge is 0.316 e. The van der Waals surface area contributed by atoms with Crippen LogP contribution in [-0.2, 0) is 10.3 Å². The Labute approximate surface area is 156 Å². The third-order valence-corrected chi connectivity index (χ3v) is 5.59. The number of carbonyl (C=O) groups is 1.